The van der Waals surface area contributed by atoms with Crippen molar-refractivity contribution in [1.29, 1.82) is 0 Å². The van der Waals surface area contributed by atoms with Crippen LogP contribution in [0.3, 0.4) is 0 Å². The van der Waals surface area contributed by atoms with Crippen molar-refractivity contribution in [3.8, 4) is 0 Å². The summed E-state index contributed by atoms with van der Waals surface area (Å²) in [5, 5.41) is 3.36. The molecule has 0 aromatic carbocycles. The fourth-order valence-corrected chi connectivity index (χ4v) is 4.19. The lowest BCUT2D eigenvalue weighted by molar-refractivity contribution is 0.0189. The first-order chi connectivity index (χ1) is 7.49. The van der Waals surface area contributed by atoms with Crippen LogP contribution in [0, 0.1) is 0 Å². The molecule has 2 atom stereocenters. The Morgan fingerprint density at radius 2 is 2.25 bits per heavy atom. The van der Waals surface area contributed by atoms with Crippen LogP contribution in [0.15, 0.2) is 0 Å². The number of sulfone groups is 1. The molecule has 0 aliphatic carbocycles. The quantitative estimate of drug-likeness (QED) is 0.798. The number of hydrogen-bond donors (Lipinski definition) is 1. The zero-order chi connectivity index (χ0) is 11.6. The van der Waals surface area contributed by atoms with E-state index in [1.54, 1.807) is 0 Å². The molecule has 0 radical (unpaired) electrons. The minimum absolute atomic E-state index is 0.0821. The van der Waals surface area contributed by atoms with Crippen molar-refractivity contribution in [1.82, 2.24) is 5.32 Å². The maximum Gasteiger partial charge on any atom is 0.151 e. The molecule has 0 spiro atoms. The van der Waals surface area contributed by atoms with Crippen molar-refractivity contribution < 1.29 is 13.2 Å². The first-order valence-corrected chi connectivity index (χ1v) is 7.89. The summed E-state index contributed by atoms with van der Waals surface area (Å²) in [6.07, 6.45) is 3.94. The maximum absolute atomic E-state index is 11.5. The molecule has 0 aromatic heterocycles. The van der Waals surface area contributed by atoms with E-state index in [9.17, 15) is 8.42 Å². The second kappa shape index (κ2) is 4.63. The van der Waals surface area contributed by atoms with Crippen molar-refractivity contribution in [3.63, 3.8) is 0 Å². The lowest BCUT2D eigenvalue weighted by Gasteiger charge is -2.29. The molecule has 4 nitrogen and oxygen atoms in total. The Morgan fingerprint density at radius 1 is 1.44 bits per heavy atom. The van der Waals surface area contributed by atoms with Gasteiger partial charge in [-0.25, -0.2) is 8.42 Å². The molecule has 0 aromatic rings. The van der Waals surface area contributed by atoms with E-state index in [0.717, 1.165) is 38.8 Å². The third-order valence-corrected chi connectivity index (χ3v) is 5.35. The summed E-state index contributed by atoms with van der Waals surface area (Å²) in [6, 6.07) is 0.125. The average Bonchev–Trinajstić information content (AvgIpc) is 2.62. The minimum atomic E-state index is -2.80. The molecule has 2 rings (SSSR count). The highest BCUT2D eigenvalue weighted by atomic mass is 32.2. The normalized spacial score (nSPS) is 38.7. The summed E-state index contributed by atoms with van der Waals surface area (Å²) < 4.78 is 28.6. The molecule has 2 unspecified atom stereocenters. The van der Waals surface area contributed by atoms with Crippen LogP contribution >= 0.6 is 0 Å². The molecule has 2 heterocycles. The first kappa shape index (κ1) is 12.3. The molecule has 5 heteroatoms. The van der Waals surface area contributed by atoms with Crippen LogP contribution in [0.4, 0.5) is 0 Å². The number of ether oxygens (including phenoxy) is 1. The van der Waals surface area contributed by atoms with Gasteiger partial charge in [-0.3, -0.25) is 0 Å². The Bertz CT molecular complexity index is 333. The second-order valence-electron chi connectivity index (χ2n) is 5.24. The summed E-state index contributed by atoms with van der Waals surface area (Å²) >= 11 is 0. The van der Waals surface area contributed by atoms with Gasteiger partial charge in [0.15, 0.2) is 9.84 Å². The van der Waals surface area contributed by atoms with Crippen LogP contribution < -0.4 is 5.32 Å². The predicted molar refractivity (Wildman–Crippen MR) is 63.3 cm³/mol. The van der Waals surface area contributed by atoms with Gasteiger partial charge in [0.2, 0.25) is 0 Å². The molecule has 16 heavy (non-hydrogen) atoms. The Kier molecular flexibility index (Phi) is 3.56. The Hall–Kier alpha value is -0.130. The first-order valence-electron chi connectivity index (χ1n) is 6.07. The summed E-state index contributed by atoms with van der Waals surface area (Å²) in [6.45, 7) is 3.71. The third kappa shape index (κ3) is 3.18. The molecular weight excluding hydrogens is 226 g/mol. The van der Waals surface area contributed by atoms with Crippen LogP contribution in [0.25, 0.3) is 0 Å². The van der Waals surface area contributed by atoms with Gasteiger partial charge >= 0.3 is 0 Å². The largest absolute Gasteiger partial charge is 0.374 e. The van der Waals surface area contributed by atoms with Gasteiger partial charge in [0.25, 0.3) is 0 Å². The Morgan fingerprint density at radius 3 is 2.88 bits per heavy atom. The van der Waals surface area contributed by atoms with Crippen LogP contribution in [0.1, 0.15) is 32.6 Å². The lowest BCUT2D eigenvalue weighted by Crippen LogP contribution is -2.46. The van der Waals surface area contributed by atoms with Gasteiger partial charge in [0.05, 0.1) is 17.1 Å². The number of hydrogen-bond acceptors (Lipinski definition) is 4. The van der Waals surface area contributed by atoms with Gasteiger partial charge in [-0.2, -0.15) is 0 Å². The molecule has 1 N–H and O–H groups in total. The zero-order valence-corrected chi connectivity index (χ0v) is 10.7. The highest BCUT2D eigenvalue weighted by molar-refractivity contribution is 7.91. The van der Waals surface area contributed by atoms with E-state index in [4.69, 9.17) is 4.74 Å². The van der Waals surface area contributed by atoms with Crippen molar-refractivity contribution in [2.45, 2.75) is 44.2 Å². The van der Waals surface area contributed by atoms with Gasteiger partial charge in [-0.05, 0) is 32.6 Å². The molecule has 2 aliphatic heterocycles. The van der Waals surface area contributed by atoms with Crippen LogP contribution in [-0.4, -0.2) is 44.7 Å². The fraction of sp³-hybridized carbons (Fsp3) is 1.00. The molecular formula is C11H21NO3S. The van der Waals surface area contributed by atoms with E-state index in [1.165, 1.54) is 0 Å². The fourth-order valence-electron chi connectivity index (χ4n) is 2.52. The standard InChI is InChI=1S/C11H21NO3S/c1-11(5-3-6-15-11)9-12-10-4-2-7-16(13,14)8-10/h10,12H,2-9H2,1H3. The van der Waals surface area contributed by atoms with Crippen LogP contribution in [-0.2, 0) is 14.6 Å². The molecule has 0 amide bonds. The predicted octanol–water partition coefficient (Wildman–Crippen LogP) is 0.722. The van der Waals surface area contributed by atoms with Crippen LogP contribution in [0.2, 0.25) is 0 Å². The molecule has 2 saturated heterocycles. The van der Waals surface area contributed by atoms with Gasteiger partial charge in [-0.1, -0.05) is 0 Å². The van der Waals surface area contributed by atoms with Gasteiger partial charge in [-0.15, -0.1) is 0 Å². The van der Waals surface area contributed by atoms with Gasteiger partial charge < -0.3 is 10.1 Å². The van der Waals surface area contributed by atoms with Gasteiger partial charge in [0, 0.05) is 19.2 Å². The topological polar surface area (TPSA) is 55.4 Å². The summed E-state index contributed by atoms with van der Waals surface area (Å²) in [4.78, 5) is 0. The molecule has 2 aliphatic rings. The van der Waals surface area contributed by atoms with E-state index < -0.39 is 9.84 Å². The average molecular weight is 247 g/mol. The minimum Gasteiger partial charge on any atom is -0.374 e. The summed E-state index contributed by atoms with van der Waals surface area (Å²) in [7, 11) is -2.80. The smallest absolute Gasteiger partial charge is 0.151 e. The maximum atomic E-state index is 11.5. The highest BCUT2D eigenvalue weighted by Gasteiger charge is 2.31. The van der Waals surface area contributed by atoms with E-state index in [2.05, 4.69) is 12.2 Å². The second-order valence-corrected chi connectivity index (χ2v) is 7.47. The van der Waals surface area contributed by atoms with E-state index in [1.807, 2.05) is 0 Å². The SMILES string of the molecule is CC1(CNC2CCCS(=O)(=O)C2)CCCO1. The van der Waals surface area contributed by atoms with E-state index >= 15 is 0 Å². The monoisotopic (exact) mass is 247 g/mol. The summed E-state index contributed by atoms with van der Waals surface area (Å²) in [5.74, 6) is 0.655. The highest BCUT2D eigenvalue weighted by Crippen LogP contribution is 2.24. The number of rotatable bonds is 3. The molecule has 0 bridgehead atoms. The van der Waals surface area contributed by atoms with Crippen molar-refractivity contribution in [3.05, 3.63) is 0 Å². The third-order valence-electron chi connectivity index (χ3n) is 3.53. The van der Waals surface area contributed by atoms with Crippen molar-refractivity contribution in [2.75, 3.05) is 24.7 Å². The Labute approximate surface area is 97.7 Å². The Balaban J connectivity index is 1.81. The lowest BCUT2D eigenvalue weighted by atomic mass is 10.0. The van der Waals surface area contributed by atoms with Crippen LogP contribution in [0.5, 0.6) is 0 Å². The van der Waals surface area contributed by atoms with E-state index in [0.29, 0.717) is 11.5 Å². The number of nitrogens with one attached hydrogen (secondary N) is 1. The molecule has 2 fully saturated rings. The van der Waals surface area contributed by atoms with Gasteiger partial charge in [0.1, 0.15) is 0 Å². The van der Waals surface area contributed by atoms with E-state index in [-0.39, 0.29) is 11.6 Å². The summed E-state index contributed by atoms with van der Waals surface area (Å²) in [5.41, 5.74) is -0.0821. The van der Waals surface area contributed by atoms with Crippen molar-refractivity contribution in [2.24, 2.45) is 0 Å². The zero-order valence-electron chi connectivity index (χ0n) is 9.87. The molecule has 0 saturated carbocycles. The molecule has 94 valence electrons. The van der Waals surface area contributed by atoms with Crippen molar-refractivity contribution >= 4 is 9.84 Å².